The Bertz CT molecular complexity index is 392. The van der Waals surface area contributed by atoms with E-state index in [2.05, 4.69) is 0 Å². The van der Waals surface area contributed by atoms with Gasteiger partial charge in [0.15, 0.2) is 0 Å². The quantitative estimate of drug-likeness (QED) is 0.855. The summed E-state index contributed by atoms with van der Waals surface area (Å²) in [5.41, 5.74) is 6.40. The molecule has 0 saturated heterocycles. The van der Waals surface area contributed by atoms with Crippen LogP contribution in [-0.2, 0) is 0 Å². The minimum atomic E-state index is -0.0129. The zero-order valence-electron chi connectivity index (χ0n) is 11.9. The number of hydrogen-bond donors (Lipinski definition) is 1. The molecule has 1 aromatic rings. The molecule has 0 saturated carbocycles. The number of carbonyl (C=O) groups is 1. The summed E-state index contributed by atoms with van der Waals surface area (Å²) in [7, 11) is 3.42. The maximum Gasteiger partial charge on any atom is 0.324 e. The largest absolute Gasteiger partial charge is 0.497 e. The van der Waals surface area contributed by atoms with Gasteiger partial charge in [0, 0.05) is 25.8 Å². The molecule has 1 rings (SSSR count). The molecule has 0 aromatic heterocycles. The highest BCUT2D eigenvalue weighted by Crippen LogP contribution is 2.20. The molecular formula is C14H23N3O2. The minimum absolute atomic E-state index is 0.0129. The number of nitrogens with two attached hydrogens (primary N) is 1. The van der Waals surface area contributed by atoms with Gasteiger partial charge in [-0.2, -0.15) is 0 Å². The van der Waals surface area contributed by atoms with Crippen LogP contribution in [0.25, 0.3) is 0 Å². The number of benzene rings is 1. The van der Waals surface area contributed by atoms with Crippen molar-refractivity contribution in [3.8, 4) is 5.75 Å². The molecule has 19 heavy (non-hydrogen) atoms. The SMILES string of the molecule is CCN(C)C(=O)N(CCCN)c1ccc(OC)cc1. The van der Waals surface area contributed by atoms with Gasteiger partial charge in [-0.3, -0.25) is 4.90 Å². The van der Waals surface area contributed by atoms with Gasteiger partial charge in [0.1, 0.15) is 5.75 Å². The van der Waals surface area contributed by atoms with Crippen LogP contribution in [0.5, 0.6) is 5.75 Å². The fraction of sp³-hybridized carbons (Fsp3) is 0.500. The highest BCUT2D eigenvalue weighted by molar-refractivity contribution is 5.91. The minimum Gasteiger partial charge on any atom is -0.497 e. The first kappa shape index (κ1) is 15.3. The summed E-state index contributed by atoms with van der Waals surface area (Å²) in [6.07, 6.45) is 0.773. The molecular weight excluding hydrogens is 242 g/mol. The van der Waals surface area contributed by atoms with Crippen molar-refractivity contribution in [1.29, 1.82) is 0 Å². The molecule has 5 nitrogen and oxygen atoms in total. The maximum atomic E-state index is 12.3. The summed E-state index contributed by atoms with van der Waals surface area (Å²) in [6.45, 7) is 3.81. The lowest BCUT2D eigenvalue weighted by molar-refractivity contribution is 0.217. The number of ether oxygens (including phenoxy) is 1. The third-order valence-corrected chi connectivity index (χ3v) is 3.00. The average Bonchev–Trinajstić information content (AvgIpc) is 2.47. The fourth-order valence-corrected chi connectivity index (χ4v) is 1.69. The van der Waals surface area contributed by atoms with E-state index in [1.54, 1.807) is 24.0 Å². The number of urea groups is 1. The van der Waals surface area contributed by atoms with E-state index in [-0.39, 0.29) is 6.03 Å². The van der Waals surface area contributed by atoms with Crippen LogP contribution in [0.4, 0.5) is 10.5 Å². The van der Waals surface area contributed by atoms with Gasteiger partial charge in [-0.25, -0.2) is 4.79 Å². The second-order valence-corrected chi connectivity index (χ2v) is 4.29. The summed E-state index contributed by atoms with van der Waals surface area (Å²) in [6, 6.07) is 7.46. The highest BCUT2D eigenvalue weighted by atomic mass is 16.5. The summed E-state index contributed by atoms with van der Waals surface area (Å²) < 4.78 is 5.13. The third-order valence-electron chi connectivity index (χ3n) is 3.00. The second-order valence-electron chi connectivity index (χ2n) is 4.29. The predicted molar refractivity (Wildman–Crippen MR) is 77.7 cm³/mol. The van der Waals surface area contributed by atoms with Crippen molar-refractivity contribution in [1.82, 2.24) is 4.90 Å². The van der Waals surface area contributed by atoms with E-state index >= 15 is 0 Å². The van der Waals surface area contributed by atoms with Crippen molar-refractivity contribution in [2.75, 3.05) is 38.7 Å². The number of amides is 2. The van der Waals surface area contributed by atoms with Crippen LogP contribution in [0.3, 0.4) is 0 Å². The number of rotatable bonds is 6. The second kappa shape index (κ2) is 7.63. The van der Waals surface area contributed by atoms with Crippen LogP contribution in [-0.4, -0.2) is 44.7 Å². The molecule has 5 heteroatoms. The van der Waals surface area contributed by atoms with Gasteiger partial charge in [0.05, 0.1) is 7.11 Å². The Kier molecular flexibility index (Phi) is 6.15. The summed E-state index contributed by atoms with van der Waals surface area (Å²) >= 11 is 0. The monoisotopic (exact) mass is 265 g/mol. The summed E-state index contributed by atoms with van der Waals surface area (Å²) in [5.74, 6) is 0.777. The zero-order valence-corrected chi connectivity index (χ0v) is 11.9. The molecule has 0 aliphatic rings. The van der Waals surface area contributed by atoms with Crippen molar-refractivity contribution < 1.29 is 9.53 Å². The number of nitrogens with zero attached hydrogens (tertiary/aromatic N) is 2. The van der Waals surface area contributed by atoms with E-state index in [1.165, 1.54) is 0 Å². The molecule has 2 amide bonds. The number of carbonyl (C=O) groups excluding carboxylic acids is 1. The van der Waals surface area contributed by atoms with E-state index in [0.29, 0.717) is 19.6 Å². The van der Waals surface area contributed by atoms with Crippen LogP contribution in [0.15, 0.2) is 24.3 Å². The molecule has 1 aromatic carbocycles. The van der Waals surface area contributed by atoms with E-state index < -0.39 is 0 Å². The summed E-state index contributed by atoms with van der Waals surface area (Å²) in [4.78, 5) is 15.7. The van der Waals surface area contributed by atoms with E-state index in [4.69, 9.17) is 10.5 Å². The molecule has 106 valence electrons. The Hall–Kier alpha value is -1.75. The van der Waals surface area contributed by atoms with Gasteiger partial charge in [0.25, 0.3) is 0 Å². The normalized spacial score (nSPS) is 10.1. The Morgan fingerprint density at radius 3 is 2.42 bits per heavy atom. The molecule has 0 radical (unpaired) electrons. The number of hydrogen-bond acceptors (Lipinski definition) is 3. The molecule has 0 atom stereocenters. The predicted octanol–water partition coefficient (Wildman–Crippen LogP) is 1.92. The van der Waals surface area contributed by atoms with Gasteiger partial charge in [0.2, 0.25) is 0 Å². The van der Waals surface area contributed by atoms with Crippen LogP contribution in [0.1, 0.15) is 13.3 Å². The van der Waals surface area contributed by atoms with Crippen molar-refractivity contribution >= 4 is 11.7 Å². The van der Waals surface area contributed by atoms with E-state index in [9.17, 15) is 4.79 Å². The molecule has 0 fully saturated rings. The standard InChI is InChI=1S/C14H23N3O2/c1-4-16(2)14(18)17(11-5-10-15)12-6-8-13(19-3)9-7-12/h6-9H,4-5,10-11,15H2,1-3H3. The number of anilines is 1. The first-order chi connectivity index (χ1) is 9.13. The summed E-state index contributed by atoms with van der Waals surface area (Å²) in [5, 5.41) is 0. The Morgan fingerprint density at radius 2 is 1.95 bits per heavy atom. The Balaban J connectivity index is 2.91. The van der Waals surface area contributed by atoms with Gasteiger partial charge in [-0.15, -0.1) is 0 Å². The molecule has 0 spiro atoms. The third kappa shape index (κ3) is 4.13. The lowest BCUT2D eigenvalue weighted by atomic mass is 10.2. The van der Waals surface area contributed by atoms with Crippen LogP contribution in [0, 0.1) is 0 Å². The van der Waals surface area contributed by atoms with E-state index in [1.807, 2.05) is 31.2 Å². The van der Waals surface area contributed by atoms with Gasteiger partial charge >= 0.3 is 6.03 Å². The van der Waals surface area contributed by atoms with E-state index in [0.717, 1.165) is 17.9 Å². The molecule has 0 bridgehead atoms. The topological polar surface area (TPSA) is 58.8 Å². The van der Waals surface area contributed by atoms with Crippen molar-refractivity contribution in [3.05, 3.63) is 24.3 Å². The van der Waals surface area contributed by atoms with Crippen molar-refractivity contribution in [2.24, 2.45) is 5.73 Å². The molecule has 2 N–H and O–H groups in total. The van der Waals surface area contributed by atoms with Crippen LogP contribution < -0.4 is 15.4 Å². The first-order valence-corrected chi connectivity index (χ1v) is 6.50. The van der Waals surface area contributed by atoms with Crippen LogP contribution >= 0.6 is 0 Å². The molecule has 0 aliphatic heterocycles. The fourth-order valence-electron chi connectivity index (χ4n) is 1.69. The lowest BCUT2D eigenvalue weighted by Gasteiger charge is -2.27. The van der Waals surface area contributed by atoms with Gasteiger partial charge < -0.3 is 15.4 Å². The first-order valence-electron chi connectivity index (χ1n) is 6.50. The molecule has 0 aliphatic carbocycles. The number of methoxy groups -OCH3 is 1. The van der Waals surface area contributed by atoms with Crippen LogP contribution in [0.2, 0.25) is 0 Å². The van der Waals surface area contributed by atoms with Crippen molar-refractivity contribution in [3.63, 3.8) is 0 Å². The average molecular weight is 265 g/mol. The molecule has 0 unspecified atom stereocenters. The Morgan fingerprint density at radius 1 is 1.32 bits per heavy atom. The maximum absolute atomic E-state index is 12.3. The Labute approximate surface area is 114 Å². The molecule has 0 heterocycles. The zero-order chi connectivity index (χ0) is 14.3. The smallest absolute Gasteiger partial charge is 0.324 e. The lowest BCUT2D eigenvalue weighted by Crippen LogP contribution is -2.42. The van der Waals surface area contributed by atoms with Crippen molar-refractivity contribution in [2.45, 2.75) is 13.3 Å². The van der Waals surface area contributed by atoms with Gasteiger partial charge in [-0.1, -0.05) is 0 Å². The highest BCUT2D eigenvalue weighted by Gasteiger charge is 2.18. The van der Waals surface area contributed by atoms with Gasteiger partial charge in [-0.05, 0) is 44.2 Å².